The first-order valence-electron chi connectivity index (χ1n) is 10.2. The van der Waals surface area contributed by atoms with Crippen molar-refractivity contribution in [2.24, 2.45) is 0 Å². The number of hydrogen-bond donors (Lipinski definition) is 0. The molecule has 0 saturated carbocycles. The van der Waals surface area contributed by atoms with Gasteiger partial charge in [-0.2, -0.15) is 0 Å². The molecule has 2 heteroatoms. The van der Waals surface area contributed by atoms with E-state index in [2.05, 4.69) is 30.2 Å². The van der Waals surface area contributed by atoms with Gasteiger partial charge in [0.05, 0.1) is 5.66 Å². The average molecular weight is 418 g/mol. The van der Waals surface area contributed by atoms with Gasteiger partial charge < -0.3 is 4.57 Å². The number of allylic oxidation sites excluding steroid dienone is 1. The van der Waals surface area contributed by atoms with Crippen LogP contribution in [0.3, 0.4) is 0 Å². The Labute approximate surface area is 184 Å². The smallest absolute Gasteiger partial charge is 0.161 e. The third-order valence-electron chi connectivity index (χ3n) is 5.34. The maximum Gasteiger partial charge on any atom is 0.161 e. The van der Waals surface area contributed by atoms with Crippen molar-refractivity contribution in [3.63, 3.8) is 0 Å². The Bertz CT molecular complexity index is 1150. The minimum Gasteiger partial charge on any atom is -0.312 e. The summed E-state index contributed by atoms with van der Waals surface area (Å²) in [4.78, 5) is 0. The van der Waals surface area contributed by atoms with Gasteiger partial charge in [0.1, 0.15) is 0 Å². The monoisotopic (exact) mass is 418 g/mol. The lowest BCUT2D eigenvalue weighted by atomic mass is 9.97. The lowest BCUT2D eigenvalue weighted by Crippen LogP contribution is -2.24. The fourth-order valence-electron chi connectivity index (χ4n) is 3.78. The largest absolute Gasteiger partial charge is 0.312 e. The van der Waals surface area contributed by atoms with Crippen LogP contribution in [0.5, 0.6) is 0 Å². The van der Waals surface area contributed by atoms with Gasteiger partial charge in [0.2, 0.25) is 0 Å². The molecule has 0 aliphatic carbocycles. The summed E-state index contributed by atoms with van der Waals surface area (Å²) in [5.74, 6) is 2.87. The van der Waals surface area contributed by atoms with Crippen LogP contribution in [0.4, 0.5) is 0 Å². The SMILES string of the molecule is C#CC(C=C(c1ccccc1)c1ccccc1)P(=O)(c1ccccc1)c1ccccc1. The fraction of sp³-hybridized carbons (Fsp3) is 0.0345. The summed E-state index contributed by atoms with van der Waals surface area (Å²) in [6, 6.07) is 39.4. The third-order valence-corrected chi connectivity index (χ3v) is 8.55. The van der Waals surface area contributed by atoms with Crippen molar-refractivity contribution in [1.82, 2.24) is 0 Å². The summed E-state index contributed by atoms with van der Waals surface area (Å²) in [5, 5.41) is 1.53. The van der Waals surface area contributed by atoms with E-state index in [1.54, 1.807) is 0 Å². The molecule has 0 N–H and O–H groups in total. The van der Waals surface area contributed by atoms with Gasteiger partial charge in [-0.15, -0.1) is 6.42 Å². The van der Waals surface area contributed by atoms with Gasteiger partial charge in [-0.25, -0.2) is 0 Å². The molecule has 0 heterocycles. The van der Waals surface area contributed by atoms with Crippen LogP contribution in [0.2, 0.25) is 0 Å². The second kappa shape index (κ2) is 9.48. The molecule has 4 aromatic rings. The molecule has 0 radical (unpaired) electrons. The molecule has 4 aromatic carbocycles. The van der Waals surface area contributed by atoms with E-state index in [-0.39, 0.29) is 0 Å². The first-order chi connectivity index (χ1) is 15.2. The quantitative estimate of drug-likeness (QED) is 0.272. The molecule has 0 saturated heterocycles. The van der Waals surface area contributed by atoms with Gasteiger partial charge in [0.15, 0.2) is 7.14 Å². The Kier molecular flexibility index (Phi) is 6.32. The Morgan fingerprint density at radius 1 is 0.645 bits per heavy atom. The van der Waals surface area contributed by atoms with Crippen molar-refractivity contribution in [2.75, 3.05) is 0 Å². The Morgan fingerprint density at radius 3 is 1.35 bits per heavy atom. The Hall–Kier alpha value is -3.59. The van der Waals surface area contributed by atoms with Crippen LogP contribution >= 0.6 is 7.14 Å². The van der Waals surface area contributed by atoms with Crippen LogP contribution in [0.25, 0.3) is 5.57 Å². The van der Waals surface area contributed by atoms with Crippen LogP contribution in [-0.2, 0) is 4.57 Å². The molecular weight excluding hydrogens is 395 g/mol. The summed E-state index contributed by atoms with van der Waals surface area (Å²) in [7, 11) is -3.14. The Morgan fingerprint density at radius 2 is 1.00 bits per heavy atom. The number of terminal acetylenes is 1. The zero-order valence-electron chi connectivity index (χ0n) is 17.1. The molecule has 0 spiro atoms. The highest BCUT2D eigenvalue weighted by atomic mass is 31.2. The molecule has 0 aliphatic rings. The number of rotatable bonds is 6. The standard InChI is InChI=1S/C29H23OP/c1-2-26(23-29(24-15-7-3-8-16-24)25-17-9-4-10-18-25)31(30,27-19-11-5-12-20-27)28-21-13-6-14-22-28/h1,3-23,26H. The van der Waals surface area contributed by atoms with Gasteiger partial charge in [-0.3, -0.25) is 0 Å². The van der Waals surface area contributed by atoms with Crippen molar-refractivity contribution in [1.29, 1.82) is 0 Å². The summed E-state index contributed by atoms with van der Waals surface area (Å²) >= 11 is 0. The zero-order chi connectivity index (χ0) is 21.5. The zero-order valence-corrected chi connectivity index (χ0v) is 18.0. The van der Waals surface area contributed by atoms with Crippen LogP contribution in [-0.4, -0.2) is 5.66 Å². The summed E-state index contributed by atoms with van der Waals surface area (Å²) in [6.45, 7) is 0. The van der Waals surface area contributed by atoms with Crippen molar-refractivity contribution < 1.29 is 4.57 Å². The van der Waals surface area contributed by atoms with E-state index in [1.165, 1.54) is 0 Å². The highest BCUT2D eigenvalue weighted by molar-refractivity contribution is 7.79. The second-order valence-electron chi connectivity index (χ2n) is 7.25. The summed E-state index contributed by atoms with van der Waals surface area (Å²) in [6.07, 6.45) is 8.08. The molecule has 0 aliphatic heterocycles. The van der Waals surface area contributed by atoms with E-state index in [4.69, 9.17) is 6.42 Å². The van der Waals surface area contributed by atoms with Gasteiger partial charge in [0.25, 0.3) is 0 Å². The molecule has 31 heavy (non-hydrogen) atoms. The number of benzene rings is 4. The topological polar surface area (TPSA) is 17.1 Å². The second-order valence-corrected chi connectivity index (χ2v) is 10.2. The van der Waals surface area contributed by atoms with E-state index in [1.807, 2.05) is 103 Å². The molecule has 1 atom stereocenters. The molecule has 0 fully saturated rings. The molecule has 1 nitrogen and oxygen atoms in total. The van der Waals surface area contributed by atoms with Crippen molar-refractivity contribution >= 4 is 23.3 Å². The fourth-order valence-corrected chi connectivity index (χ4v) is 6.52. The Balaban J connectivity index is 1.94. The first kappa shape index (κ1) is 20.7. The van der Waals surface area contributed by atoms with Gasteiger partial charge in [-0.05, 0) is 16.7 Å². The van der Waals surface area contributed by atoms with Gasteiger partial charge in [-0.1, -0.05) is 133 Å². The molecular formula is C29H23OP. The molecule has 150 valence electrons. The van der Waals surface area contributed by atoms with Crippen LogP contribution in [0, 0.1) is 12.3 Å². The lowest BCUT2D eigenvalue weighted by Gasteiger charge is -2.24. The van der Waals surface area contributed by atoms with Crippen molar-refractivity contribution in [3.05, 3.63) is 139 Å². The summed E-state index contributed by atoms with van der Waals surface area (Å²) < 4.78 is 14.8. The maximum absolute atomic E-state index is 14.8. The molecule has 1 unspecified atom stereocenters. The maximum atomic E-state index is 14.8. The molecule has 0 bridgehead atoms. The van der Waals surface area contributed by atoms with Crippen LogP contribution in [0.15, 0.2) is 127 Å². The van der Waals surface area contributed by atoms with Gasteiger partial charge >= 0.3 is 0 Å². The molecule has 4 rings (SSSR count). The highest BCUT2D eigenvalue weighted by Crippen LogP contribution is 2.50. The van der Waals surface area contributed by atoms with Gasteiger partial charge in [0, 0.05) is 10.6 Å². The van der Waals surface area contributed by atoms with Crippen LogP contribution < -0.4 is 10.6 Å². The minimum absolute atomic E-state index is 0.590. The van der Waals surface area contributed by atoms with Crippen molar-refractivity contribution in [3.8, 4) is 12.3 Å². The third kappa shape index (κ3) is 4.31. The minimum atomic E-state index is -3.14. The van der Waals surface area contributed by atoms with E-state index in [9.17, 15) is 4.57 Å². The predicted molar refractivity (Wildman–Crippen MR) is 132 cm³/mol. The summed E-state index contributed by atoms with van der Waals surface area (Å²) in [5.41, 5.74) is 2.48. The molecule has 0 amide bonds. The van der Waals surface area contributed by atoms with E-state index in [0.717, 1.165) is 27.3 Å². The van der Waals surface area contributed by atoms with E-state index in [0.29, 0.717) is 0 Å². The average Bonchev–Trinajstić information content (AvgIpc) is 2.86. The van der Waals surface area contributed by atoms with E-state index >= 15 is 0 Å². The van der Waals surface area contributed by atoms with Crippen LogP contribution in [0.1, 0.15) is 11.1 Å². The van der Waals surface area contributed by atoms with Crippen molar-refractivity contribution in [2.45, 2.75) is 5.66 Å². The normalized spacial score (nSPS) is 11.8. The first-order valence-corrected chi connectivity index (χ1v) is 12.0. The highest BCUT2D eigenvalue weighted by Gasteiger charge is 2.34. The number of hydrogen-bond acceptors (Lipinski definition) is 1. The van der Waals surface area contributed by atoms with E-state index < -0.39 is 12.8 Å². The lowest BCUT2D eigenvalue weighted by molar-refractivity contribution is 0.586. The molecule has 0 aromatic heterocycles. The predicted octanol–water partition coefficient (Wildman–Crippen LogP) is 6.13.